The molecule has 0 aliphatic rings. The molecule has 0 saturated carbocycles. The summed E-state index contributed by atoms with van der Waals surface area (Å²) in [5.74, 6) is 0. The molecule has 0 fully saturated rings. The van der Waals surface area contributed by atoms with E-state index >= 15 is 0 Å². The molecule has 0 unspecified atom stereocenters. The van der Waals surface area contributed by atoms with Gasteiger partial charge in [0.25, 0.3) is 0 Å². The van der Waals surface area contributed by atoms with E-state index in [0.29, 0.717) is 6.42 Å². The Hall–Kier alpha value is -0.405. The zero-order valence-corrected chi connectivity index (χ0v) is 5.33. The van der Waals surface area contributed by atoms with Crippen molar-refractivity contribution in [2.45, 2.75) is 19.7 Å². The molecule has 0 heterocycles. The zero-order valence-electron chi connectivity index (χ0n) is 5.33. The molecular formula is C5H9BF3-. The molecule has 0 aromatic heterocycles. The summed E-state index contributed by atoms with van der Waals surface area (Å²) in [7, 11) is 0. The molecule has 9 heavy (non-hydrogen) atoms. The van der Waals surface area contributed by atoms with Crippen LogP contribution in [0.1, 0.15) is 13.3 Å². The highest BCUT2D eigenvalue weighted by Crippen LogP contribution is 2.20. The third kappa shape index (κ3) is 5.47. The van der Waals surface area contributed by atoms with Crippen LogP contribution in [-0.4, -0.2) is 6.98 Å². The van der Waals surface area contributed by atoms with Crippen LogP contribution in [0.3, 0.4) is 0 Å². The summed E-state index contributed by atoms with van der Waals surface area (Å²) < 4.78 is 34.5. The Morgan fingerprint density at radius 3 is 2.00 bits per heavy atom. The van der Waals surface area contributed by atoms with Gasteiger partial charge in [-0.3, -0.25) is 0 Å². The van der Waals surface area contributed by atoms with E-state index in [1.807, 2.05) is 0 Å². The molecule has 0 spiro atoms. The lowest BCUT2D eigenvalue weighted by molar-refractivity contribution is 0.474. The van der Waals surface area contributed by atoms with E-state index in [1.54, 1.807) is 6.92 Å². The summed E-state index contributed by atoms with van der Waals surface area (Å²) in [5, 5.41) is 0. The van der Waals surface area contributed by atoms with Crippen LogP contribution >= 0.6 is 0 Å². The van der Waals surface area contributed by atoms with Gasteiger partial charge < -0.3 is 12.9 Å². The largest absolute Gasteiger partial charge is 0.482 e. The Balaban J connectivity index is 3.60. The molecule has 0 rings (SSSR count). The minimum Gasteiger partial charge on any atom is -0.449 e. The van der Waals surface area contributed by atoms with Gasteiger partial charge in [0.15, 0.2) is 0 Å². The molecule has 0 N–H and O–H groups in total. The number of hydrogen-bond acceptors (Lipinski definition) is 0. The van der Waals surface area contributed by atoms with Gasteiger partial charge >= 0.3 is 6.98 Å². The van der Waals surface area contributed by atoms with Crippen LogP contribution in [0.5, 0.6) is 0 Å². The van der Waals surface area contributed by atoms with Crippen LogP contribution in [-0.2, 0) is 0 Å². The molecule has 0 atom stereocenters. The molecule has 4 heteroatoms. The fourth-order valence-electron chi connectivity index (χ4n) is 0.472. The molecule has 54 valence electrons. The molecule has 0 bridgehead atoms. The minimum absolute atomic E-state index is 0.266. The lowest BCUT2D eigenvalue weighted by Crippen LogP contribution is -2.14. The van der Waals surface area contributed by atoms with Crippen LogP contribution in [0, 0.1) is 0 Å². The van der Waals surface area contributed by atoms with E-state index in [2.05, 4.69) is 6.58 Å². The first-order valence-corrected chi connectivity index (χ1v) is 2.83. The van der Waals surface area contributed by atoms with E-state index in [1.165, 1.54) is 0 Å². The Morgan fingerprint density at radius 2 is 1.89 bits per heavy atom. The smallest absolute Gasteiger partial charge is 0.449 e. The van der Waals surface area contributed by atoms with Gasteiger partial charge in [0.05, 0.1) is 0 Å². The van der Waals surface area contributed by atoms with Gasteiger partial charge in [-0.2, -0.15) is 0 Å². The summed E-state index contributed by atoms with van der Waals surface area (Å²) in [6.45, 7) is 0.280. The summed E-state index contributed by atoms with van der Waals surface area (Å²) >= 11 is 0. The van der Waals surface area contributed by atoms with Crippen molar-refractivity contribution >= 4 is 6.98 Å². The Labute approximate surface area is 52.8 Å². The van der Waals surface area contributed by atoms with Crippen LogP contribution < -0.4 is 0 Å². The highest BCUT2D eigenvalue weighted by Gasteiger charge is 2.22. The molecule has 0 radical (unpaired) electrons. The number of rotatable bonds is 3. The fourth-order valence-corrected chi connectivity index (χ4v) is 0.472. The van der Waals surface area contributed by atoms with Gasteiger partial charge in [-0.15, -0.1) is 12.2 Å². The summed E-state index contributed by atoms with van der Waals surface area (Å²) in [4.78, 5) is 0. The zero-order chi connectivity index (χ0) is 7.49. The third-order valence-corrected chi connectivity index (χ3v) is 1.02. The monoisotopic (exact) mass is 137 g/mol. The van der Waals surface area contributed by atoms with E-state index in [4.69, 9.17) is 0 Å². The maximum atomic E-state index is 11.5. The SMILES string of the molecule is C=C(CC)C[B-](F)(F)F. The van der Waals surface area contributed by atoms with Gasteiger partial charge in [0.2, 0.25) is 0 Å². The molecule has 0 aliphatic carbocycles. The van der Waals surface area contributed by atoms with Gasteiger partial charge in [0, 0.05) is 0 Å². The first-order valence-electron chi connectivity index (χ1n) is 2.83. The lowest BCUT2D eigenvalue weighted by atomic mass is 9.81. The summed E-state index contributed by atoms with van der Waals surface area (Å²) in [6, 6.07) is 0. The van der Waals surface area contributed by atoms with Crippen molar-refractivity contribution in [1.82, 2.24) is 0 Å². The number of allylic oxidation sites excluding steroid dienone is 1. The normalized spacial score (nSPS) is 11.6. The van der Waals surface area contributed by atoms with Crippen molar-refractivity contribution in [3.8, 4) is 0 Å². The van der Waals surface area contributed by atoms with Gasteiger partial charge in [-0.05, 0) is 6.42 Å². The maximum Gasteiger partial charge on any atom is 0.482 e. The second-order valence-corrected chi connectivity index (χ2v) is 2.02. The molecule has 0 aromatic rings. The van der Waals surface area contributed by atoms with Crippen LogP contribution in [0.2, 0.25) is 6.32 Å². The fraction of sp³-hybridized carbons (Fsp3) is 0.600. The lowest BCUT2D eigenvalue weighted by Gasteiger charge is -2.13. The molecular weight excluding hydrogens is 128 g/mol. The highest BCUT2D eigenvalue weighted by atomic mass is 19.4. The Kier molecular flexibility index (Phi) is 2.81. The van der Waals surface area contributed by atoms with Crippen molar-refractivity contribution in [3.05, 3.63) is 12.2 Å². The van der Waals surface area contributed by atoms with Crippen molar-refractivity contribution in [2.24, 2.45) is 0 Å². The quantitative estimate of drug-likeness (QED) is 0.414. The predicted octanol–water partition coefficient (Wildman–Crippen LogP) is 2.80. The first-order chi connectivity index (χ1) is 3.95. The second-order valence-electron chi connectivity index (χ2n) is 2.02. The third-order valence-electron chi connectivity index (χ3n) is 1.02. The summed E-state index contributed by atoms with van der Waals surface area (Å²) in [6.07, 6.45) is -0.363. The van der Waals surface area contributed by atoms with E-state index in [0.717, 1.165) is 0 Å². The molecule has 0 aromatic carbocycles. The Morgan fingerprint density at radius 1 is 1.44 bits per heavy atom. The van der Waals surface area contributed by atoms with Crippen LogP contribution in [0.15, 0.2) is 12.2 Å². The highest BCUT2D eigenvalue weighted by molar-refractivity contribution is 6.59. The first kappa shape index (κ1) is 8.59. The van der Waals surface area contributed by atoms with E-state index in [-0.39, 0.29) is 5.57 Å². The van der Waals surface area contributed by atoms with Crippen molar-refractivity contribution in [2.75, 3.05) is 0 Å². The minimum atomic E-state index is -4.65. The van der Waals surface area contributed by atoms with Crippen LogP contribution in [0.25, 0.3) is 0 Å². The molecule has 0 aliphatic heterocycles. The van der Waals surface area contributed by atoms with Crippen molar-refractivity contribution in [3.63, 3.8) is 0 Å². The van der Waals surface area contributed by atoms with E-state index < -0.39 is 13.3 Å². The van der Waals surface area contributed by atoms with Gasteiger partial charge in [-0.1, -0.05) is 13.2 Å². The van der Waals surface area contributed by atoms with Crippen LogP contribution in [0.4, 0.5) is 12.9 Å². The summed E-state index contributed by atoms with van der Waals surface area (Å²) in [5.41, 5.74) is 0.266. The predicted molar refractivity (Wildman–Crippen MR) is 33.3 cm³/mol. The van der Waals surface area contributed by atoms with Crippen molar-refractivity contribution < 1.29 is 12.9 Å². The molecule has 0 saturated heterocycles. The molecule has 0 nitrogen and oxygen atoms in total. The average molecular weight is 137 g/mol. The van der Waals surface area contributed by atoms with E-state index in [9.17, 15) is 12.9 Å². The Bertz CT molecular complexity index is 105. The molecule has 0 amide bonds. The number of halogens is 3. The van der Waals surface area contributed by atoms with Gasteiger partial charge in [-0.25, -0.2) is 0 Å². The second kappa shape index (κ2) is 2.94. The topological polar surface area (TPSA) is 0 Å². The number of hydrogen-bond donors (Lipinski definition) is 0. The standard InChI is InChI=1S/C5H9BF3/c1-3-5(2)4-6(7,8)9/h2-4H2,1H3/q-1. The maximum absolute atomic E-state index is 11.5. The van der Waals surface area contributed by atoms with Gasteiger partial charge in [0.1, 0.15) is 0 Å². The van der Waals surface area contributed by atoms with Crippen molar-refractivity contribution in [1.29, 1.82) is 0 Å². The average Bonchev–Trinajstić information content (AvgIpc) is 1.62.